The number of ether oxygens (including phenoxy) is 2. The molecule has 2 amide bonds. The van der Waals surface area contributed by atoms with E-state index < -0.39 is 11.8 Å². The van der Waals surface area contributed by atoms with Crippen LogP contribution in [0.15, 0.2) is 47.6 Å². The summed E-state index contributed by atoms with van der Waals surface area (Å²) in [6.07, 6.45) is 1.48. The SMILES string of the molecule is COc1ccc(C(=O)NCC(=O)NN=Cc2ccc(Cl)cc2)cc1OC. The van der Waals surface area contributed by atoms with E-state index in [1.807, 2.05) is 0 Å². The Morgan fingerprint density at radius 2 is 1.77 bits per heavy atom. The topological polar surface area (TPSA) is 89.0 Å². The molecular formula is C18H18ClN3O4. The van der Waals surface area contributed by atoms with Crippen molar-refractivity contribution in [3.63, 3.8) is 0 Å². The van der Waals surface area contributed by atoms with E-state index in [1.165, 1.54) is 26.5 Å². The summed E-state index contributed by atoms with van der Waals surface area (Å²) in [5.41, 5.74) is 3.46. The Morgan fingerprint density at radius 3 is 2.42 bits per heavy atom. The van der Waals surface area contributed by atoms with E-state index >= 15 is 0 Å². The number of carbonyl (C=O) groups is 2. The van der Waals surface area contributed by atoms with Crippen molar-refractivity contribution < 1.29 is 19.1 Å². The molecule has 0 unspecified atom stereocenters. The van der Waals surface area contributed by atoms with E-state index in [0.717, 1.165) is 5.56 Å². The number of rotatable bonds is 7. The van der Waals surface area contributed by atoms with Gasteiger partial charge in [-0.1, -0.05) is 23.7 Å². The predicted molar refractivity (Wildman–Crippen MR) is 99.1 cm³/mol. The minimum Gasteiger partial charge on any atom is -0.493 e. The van der Waals surface area contributed by atoms with Crippen molar-refractivity contribution in [2.24, 2.45) is 5.10 Å². The first-order valence-electron chi connectivity index (χ1n) is 7.61. The molecule has 26 heavy (non-hydrogen) atoms. The van der Waals surface area contributed by atoms with Crippen LogP contribution in [0.4, 0.5) is 0 Å². The second kappa shape index (κ2) is 9.43. The average molecular weight is 376 g/mol. The highest BCUT2D eigenvalue weighted by atomic mass is 35.5. The van der Waals surface area contributed by atoms with Crippen molar-refractivity contribution in [3.05, 3.63) is 58.6 Å². The van der Waals surface area contributed by atoms with Gasteiger partial charge in [0, 0.05) is 10.6 Å². The largest absolute Gasteiger partial charge is 0.493 e. The Hall–Kier alpha value is -3.06. The van der Waals surface area contributed by atoms with Crippen molar-refractivity contribution in [1.29, 1.82) is 0 Å². The molecule has 0 aliphatic carbocycles. The lowest BCUT2D eigenvalue weighted by Crippen LogP contribution is -2.34. The molecule has 0 fully saturated rings. The van der Waals surface area contributed by atoms with Gasteiger partial charge in [-0.05, 0) is 35.9 Å². The smallest absolute Gasteiger partial charge is 0.259 e. The molecule has 7 nitrogen and oxygen atoms in total. The van der Waals surface area contributed by atoms with Crippen LogP contribution in [-0.4, -0.2) is 38.8 Å². The van der Waals surface area contributed by atoms with Crippen LogP contribution in [0.1, 0.15) is 15.9 Å². The molecule has 0 aliphatic heterocycles. The van der Waals surface area contributed by atoms with Crippen LogP contribution in [0.5, 0.6) is 11.5 Å². The molecule has 2 N–H and O–H groups in total. The van der Waals surface area contributed by atoms with Crippen LogP contribution in [0.25, 0.3) is 0 Å². The molecule has 0 bridgehead atoms. The zero-order chi connectivity index (χ0) is 18.9. The lowest BCUT2D eigenvalue weighted by atomic mass is 10.2. The fourth-order valence-corrected chi connectivity index (χ4v) is 2.13. The second-order valence-electron chi connectivity index (χ2n) is 5.10. The van der Waals surface area contributed by atoms with E-state index in [4.69, 9.17) is 21.1 Å². The van der Waals surface area contributed by atoms with Gasteiger partial charge in [-0.25, -0.2) is 5.43 Å². The zero-order valence-corrected chi connectivity index (χ0v) is 15.0. The fourth-order valence-electron chi connectivity index (χ4n) is 2.01. The van der Waals surface area contributed by atoms with Crippen LogP contribution < -0.4 is 20.2 Å². The second-order valence-corrected chi connectivity index (χ2v) is 5.53. The van der Waals surface area contributed by atoms with Gasteiger partial charge < -0.3 is 14.8 Å². The molecule has 0 saturated heterocycles. The summed E-state index contributed by atoms with van der Waals surface area (Å²) in [4.78, 5) is 23.8. The molecule has 0 aliphatic rings. The number of carbonyl (C=O) groups excluding carboxylic acids is 2. The molecule has 0 heterocycles. The minimum atomic E-state index is -0.455. The number of methoxy groups -OCH3 is 2. The number of benzene rings is 2. The maximum Gasteiger partial charge on any atom is 0.259 e. The molecule has 2 aromatic carbocycles. The maximum atomic E-state index is 12.1. The number of hydrogen-bond donors (Lipinski definition) is 2. The number of amides is 2. The van der Waals surface area contributed by atoms with Crippen LogP contribution in [-0.2, 0) is 4.79 Å². The summed E-state index contributed by atoms with van der Waals surface area (Å²) in [7, 11) is 2.98. The quantitative estimate of drug-likeness (QED) is 0.573. The summed E-state index contributed by atoms with van der Waals surface area (Å²) >= 11 is 5.78. The van der Waals surface area contributed by atoms with Gasteiger partial charge in [0.15, 0.2) is 11.5 Å². The summed E-state index contributed by atoms with van der Waals surface area (Å²) in [5.74, 6) is 0.0716. The van der Waals surface area contributed by atoms with Crippen LogP contribution >= 0.6 is 11.6 Å². The molecule has 0 atom stereocenters. The monoisotopic (exact) mass is 375 g/mol. The predicted octanol–water partition coefficient (Wildman–Crippen LogP) is 2.24. The van der Waals surface area contributed by atoms with Crippen molar-refractivity contribution in [2.45, 2.75) is 0 Å². The Kier molecular flexibility index (Phi) is 6.99. The van der Waals surface area contributed by atoms with E-state index in [2.05, 4.69) is 15.8 Å². The third-order valence-corrected chi connectivity index (χ3v) is 3.58. The first kappa shape index (κ1) is 19.3. The van der Waals surface area contributed by atoms with E-state index in [-0.39, 0.29) is 6.54 Å². The summed E-state index contributed by atoms with van der Waals surface area (Å²) in [6.45, 7) is -0.217. The number of hydrazone groups is 1. The zero-order valence-electron chi connectivity index (χ0n) is 14.3. The van der Waals surface area contributed by atoms with Crippen molar-refractivity contribution in [3.8, 4) is 11.5 Å². The van der Waals surface area contributed by atoms with Gasteiger partial charge in [0.1, 0.15) is 0 Å². The molecule has 136 valence electrons. The number of nitrogens with one attached hydrogen (secondary N) is 2. The number of halogens is 1. The molecule has 0 saturated carbocycles. The Bertz CT molecular complexity index is 807. The highest BCUT2D eigenvalue weighted by Gasteiger charge is 2.11. The van der Waals surface area contributed by atoms with E-state index in [9.17, 15) is 9.59 Å². The van der Waals surface area contributed by atoms with Gasteiger partial charge in [0.25, 0.3) is 11.8 Å². The highest BCUT2D eigenvalue weighted by molar-refractivity contribution is 6.30. The maximum absolute atomic E-state index is 12.1. The first-order valence-corrected chi connectivity index (χ1v) is 7.99. The third kappa shape index (κ3) is 5.49. The lowest BCUT2D eigenvalue weighted by Gasteiger charge is -2.09. The molecule has 0 spiro atoms. The Morgan fingerprint density at radius 1 is 1.08 bits per heavy atom. The summed E-state index contributed by atoms with van der Waals surface area (Å²) in [6, 6.07) is 11.7. The molecule has 8 heteroatoms. The van der Waals surface area contributed by atoms with Crippen LogP contribution in [0, 0.1) is 0 Å². The summed E-state index contributed by atoms with van der Waals surface area (Å²) in [5, 5.41) is 6.94. The lowest BCUT2D eigenvalue weighted by molar-refractivity contribution is -0.120. The molecule has 2 aromatic rings. The minimum absolute atomic E-state index is 0.217. The van der Waals surface area contributed by atoms with E-state index in [0.29, 0.717) is 22.1 Å². The van der Waals surface area contributed by atoms with E-state index in [1.54, 1.807) is 36.4 Å². The molecule has 0 radical (unpaired) electrons. The van der Waals surface area contributed by atoms with Gasteiger partial charge in [-0.15, -0.1) is 0 Å². The normalized spacial score (nSPS) is 10.4. The van der Waals surface area contributed by atoms with Crippen LogP contribution in [0.3, 0.4) is 0 Å². The van der Waals surface area contributed by atoms with Gasteiger partial charge >= 0.3 is 0 Å². The number of nitrogens with zero attached hydrogens (tertiary/aromatic N) is 1. The first-order chi connectivity index (χ1) is 12.5. The molecule has 2 rings (SSSR count). The Balaban J connectivity index is 1.84. The van der Waals surface area contributed by atoms with Gasteiger partial charge in [-0.2, -0.15) is 5.10 Å². The number of hydrogen-bond acceptors (Lipinski definition) is 5. The fraction of sp³-hybridized carbons (Fsp3) is 0.167. The summed E-state index contributed by atoms with van der Waals surface area (Å²) < 4.78 is 10.3. The Labute approximate surface area is 155 Å². The van der Waals surface area contributed by atoms with Gasteiger partial charge in [0.2, 0.25) is 0 Å². The van der Waals surface area contributed by atoms with Gasteiger partial charge in [0.05, 0.1) is 27.0 Å². The van der Waals surface area contributed by atoms with Crippen LogP contribution in [0.2, 0.25) is 5.02 Å². The third-order valence-electron chi connectivity index (χ3n) is 3.33. The standard InChI is InChI=1S/C18H18ClN3O4/c1-25-15-8-5-13(9-16(15)26-2)18(24)20-11-17(23)22-21-10-12-3-6-14(19)7-4-12/h3-10H,11H2,1-2H3,(H,20,24)(H,22,23). The van der Waals surface area contributed by atoms with Crippen molar-refractivity contribution in [2.75, 3.05) is 20.8 Å². The van der Waals surface area contributed by atoms with Crippen molar-refractivity contribution >= 4 is 29.6 Å². The van der Waals surface area contributed by atoms with Crippen molar-refractivity contribution in [1.82, 2.24) is 10.7 Å². The average Bonchev–Trinajstić information content (AvgIpc) is 2.67. The molecular weight excluding hydrogens is 358 g/mol. The highest BCUT2D eigenvalue weighted by Crippen LogP contribution is 2.27. The van der Waals surface area contributed by atoms with Gasteiger partial charge in [-0.3, -0.25) is 9.59 Å². The molecule has 0 aromatic heterocycles.